The first-order chi connectivity index (χ1) is 11.3. The van der Waals surface area contributed by atoms with Crippen LogP contribution >= 0.6 is 0 Å². The minimum absolute atomic E-state index is 0.262. The second-order valence-corrected chi connectivity index (χ2v) is 6.85. The third-order valence-corrected chi connectivity index (χ3v) is 4.96. The number of rotatable bonds is 5. The van der Waals surface area contributed by atoms with Crippen LogP contribution in [0.2, 0.25) is 0 Å². The van der Waals surface area contributed by atoms with Gasteiger partial charge in [0.15, 0.2) is 0 Å². The summed E-state index contributed by atoms with van der Waals surface area (Å²) in [5.74, 6) is -0.553. The lowest BCUT2D eigenvalue weighted by Crippen LogP contribution is -2.26. The maximum atomic E-state index is 14.1. The zero-order valence-corrected chi connectivity index (χ0v) is 13.5. The number of esters is 1. The van der Waals surface area contributed by atoms with Gasteiger partial charge < -0.3 is 4.74 Å². The number of carbonyl (C=O) groups is 1. The lowest BCUT2D eigenvalue weighted by molar-refractivity contribution is 0.0600. The number of hydrogen-bond donors (Lipinski definition) is 0. The lowest BCUT2D eigenvalue weighted by Gasteiger charge is -2.13. The maximum absolute atomic E-state index is 14.1. The van der Waals surface area contributed by atoms with E-state index in [-0.39, 0.29) is 5.56 Å². The average molecular weight is 352 g/mol. The number of ether oxygens (including phenoxy) is 1. The molecular weight excluding hydrogens is 338 g/mol. The van der Waals surface area contributed by atoms with Crippen LogP contribution in [0.15, 0.2) is 65.6 Å². The molecule has 2 aromatic rings. The van der Waals surface area contributed by atoms with Gasteiger partial charge in [-0.2, -0.15) is 8.78 Å². The molecule has 0 fully saturated rings. The first kappa shape index (κ1) is 17.8. The largest absolute Gasteiger partial charge is 0.465 e. The van der Waals surface area contributed by atoms with Gasteiger partial charge in [-0.3, -0.25) is 0 Å². The van der Waals surface area contributed by atoms with Gasteiger partial charge in [0.1, 0.15) is 0 Å². The first-order valence-electron chi connectivity index (χ1n) is 6.83. The van der Waals surface area contributed by atoms with Gasteiger partial charge in [0.25, 0.3) is 0 Å². The van der Waals surface area contributed by atoms with E-state index in [4.69, 9.17) is 0 Å². The van der Waals surface area contributed by atoms with Crippen molar-refractivity contribution in [3.63, 3.8) is 0 Å². The van der Waals surface area contributed by atoms with Gasteiger partial charge in [-0.25, -0.2) is 13.2 Å². The molecule has 0 N–H and O–H groups in total. The highest BCUT2D eigenvalue weighted by Gasteiger charge is 2.43. The number of alkyl halides is 2. The van der Waals surface area contributed by atoms with Gasteiger partial charge in [0.2, 0.25) is 9.84 Å². The number of halogens is 2. The Morgan fingerprint density at radius 3 is 2.17 bits per heavy atom. The summed E-state index contributed by atoms with van der Waals surface area (Å²) < 4.78 is 56.7. The Kier molecular flexibility index (Phi) is 5.14. The van der Waals surface area contributed by atoms with E-state index >= 15 is 0 Å². The number of methoxy groups -OCH3 is 1. The Morgan fingerprint density at radius 1 is 1.04 bits per heavy atom. The predicted molar refractivity (Wildman–Crippen MR) is 85.4 cm³/mol. The molecule has 0 aliphatic rings. The van der Waals surface area contributed by atoms with E-state index in [1.807, 2.05) is 0 Å². The van der Waals surface area contributed by atoms with E-state index in [0.29, 0.717) is 11.6 Å². The van der Waals surface area contributed by atoms with Crippen LogP contribution in [-0.2, 0) is 14.6 Å². The molecule has 4 nitrogen and oxygen atoms in total. The van der Waals surface area contributed by atoms with Crippen molar-refractivity contribution in [1.82, 2.24) is 0 Å². The summed E-state index contributed by atoms with van der Waals surface area (Å²) >= 11 is 0. The molecule has 24 heavy (non-hydrogen) atoms. The Hall–Kier alpha value is -2.54. The second-order valence-electron chi connectivity index (χ2n) is 4.83. The summed E-state index contributed by atoms with van der Waals surface area (Å²) in [6, 6.07) is 12.1. The molecule has 0 aliphatic heterocycles. The summed E-state index contributed by atoms with van der Waals surface area (Å²) in [6.45, 7) is 0. The van der Waals surface area contributed by atoms with Crippen molar-refractivity contribution >= 4 is 21.9 Å². The number of hydrogen-bond acceptors (Lipinski definition) is 4. The SMILES string of the molecule is COC(=O)c1ccc(/C=C/C(F)(F)S(=O)(=O)c2ccccc2)cc1. The first-order valence-corrected chi connectivity index (χ1v) is 8.31. The molecule has 7 heteroatoms. The van der Waals surface area contributed by atoms with Crippen LogP contribution in [-0.4, -0.2) is 26.8 Å². The zero-order chi connectivity index (χ0) is 17.8. The lowest BCUT2D eigenvalue weighted by atomic mass is 10.1. The smallest absolute Gasteiger partial charge is 0.368 e. The molecule has 2 rings (SSSR count). The monoisotopic (exact) mass is 352 g/mol. The fraction of sp³-hybridized carbons (Fsp3) is 0.118. The third kappa shape index (κ3) is 3.68. The van der Waals surface area contributed by atoms with E-state index in [0.717, 1.165) is 18.2 Å². The summed E-state index contributed by atoms with van der Waals surface area (Å²) in [5, 5.41) is -4.06. The molecular formula is C17H14F2O4S. The molecule has 0 saturated heterocycles. The molecule has 0 aliphatic carbocycles. The minimum Gasteiger partial charge on any atom is -0.465 e. The Morgan fingerprint density at radius 2 is 1.62 bits per heavy atom. The normalized spacial score (nSPS) is 12.3. The molecule has 0 spiro atoms. The van der Waals surface area contributed by atoms with Gasteiger partial charge in [-0.15, -0.1) is 0 Å². The Bertz CT molecular complexity index is 842. The van der Waals surface area contributed by atoms with E-state index in [1.54, 1.807) is 0 Å². The number of sulfone groups is 1. The molecule has 0 heterocycles. The van der Waals surface area contributed by atoms with Crippen molar-refractivity contribution in [1.29, 1.82) is 0 Å². The van der Waals surface area contributed by atoms with Crippen molar-refractivity contribution in [2.24, 2.45) is 0 Å². The van der Waals surface area contributed by atoms with Crippen LogP contribution in [0.4, 0.5) is 8.78 Å². The van der Waals surface area contributed by atoms with Crippen molar-refractivity contribution in [3.8, 4) is 0 Å². The molecule has 0 unspecified atom stereocenters. The molecule has 126 valence electrons. The fourth-order valence-electron chi connectivity index (χ4n) is 1.89. The van der Waals surface area contributed by atoms with Gasteiger partial charge >= 0.3 is 11.2 Å². The minimum atomic E-state index is -4.83. The Labute approximate surface area is 138 Å². The predicted octanol–water partition coefficient (Wildman–Crippen LogP) is 3.55. The van der Waals surface area contributed by atoms with Crippen LogP contribution < -0.4 is 0 Å². The quantitative estimate of drug-likeness (QED) is 0.772. The van der Waals surface area contributed by atoms with Gasteiger partial charge in [0.05, 0.1) is 17.6 Å². The number of benzene rings is 2. The van der Waals surface area contributed by atoms with Crippen LogP contribution in [0.5, 0.6) is 0 Å². The maximum Gasteiger partial charge on any atom is 0.368 e. The standard InChI is InChI=1S/C17H14F2O4S/c1-23-16(20)14-9-7-13(8-10-14)11-12-17(18,19)24(21,22)15-5-3-2-4-6-15/h2-12H,1H3/b12-11+. The van der Waals surface area contributed by atoms with Crippen LogP contribution in [0.3, 0.4) is 0 Å². The second kappa shape index (κ2) is 6.92. The van der Waals surface area contributed by atoms with Crippen LogP contribution in [0.1, 0.15) is 15.9 Å². The molecule has 0 aromatic heterocycles. The van der Waals surface area contributed by atoms with Gasteiger partial charge in [-0.05, 0) is 29.8 Å². The van der Waals surface area contributed by atoms with E-state index in [2.05, 4.69) is 4.74 Å². The Balaban J connectivity index is 2.25. The van der Waals surface area contributed by atoms with Crippen molar-refractivity contribution in [2.75, 3.05) is 7.11 Å². The summed E-state index contributed by atoms with van der Waals surface area (Å²) in [4.78, 5) is 10.8. The zero-order valence-electron chi connectivity index (χ0n) is 12.6. The van der Waals surface area contributed by atoms with Crippen LogP contribution in [0.25, 0.3) is 6.08 Å². The van der Waals surface area contributed by atoms with E-state index in [1.165, 1.54) is 49.6 Å². The van der Waals surface area contributed by atoms with Gasteiger partial charge in [-0.1, -0.05) is 36.4 Å². The molecule has 0 atom stereocenters. The fourth-order valence-corrected chi connectivity index (χ4v) is 2.96. The molecule has 0 saturated carbocycles. The summed E-state index contributed by atoms with van der Waals surface area (Å²) in [7, 11) is -3.60. The molecule has 2 aromatic carbocycles. The van der Waals surface area contributed by atoms with E-state index in [9.17, 15) is 22.0 Å². The average Bonchev–Trinajstić information content (AvgIpc) is 2.60. The van der Waals surface area contributed by atoms with Crippen LogP contribution in [0, 0.1) is 0 Å². The van der Waals surface area contributed by atoms with Gasteiger partial charge in [0, 0.05) is 6.08 Å². The van der Waals surface area contributed by atoms with Crippen molar-refractivity contribution < 1.29 is 26.7 Å². The third-order valence-electron chi connectivity index (χ3n) is 3.21. The summed E-state index contributed by atoms with van der Waals surface area (Å²) in [5.41, 5.74) is 0.587. The highest BCUT2D eigenvalue weighted by atomic mass is 32.2. The van der Waals surface area contributed by atoms with Crippen molar-refractivity contribution in [2.45, 2.75) is 10.2 Å². The summed E-state index contributed by atoms with van der Waals surface area (Å²) in [6.07, 6.45) is 1.31. The highest BCUT2D eigenvalue weighted by molar-refractivity contribution is 7.92. The highest BCUT2D eigenvalue weighted by Crippen LogP contribution is 2.30. The van der Waals surface area contributed by atoms with E-state index < -0.39 is 26.0 Å². The topological polar surface area (TPSA) is 60.4 Å². The molecule has 0 amide bonds. The molecule has 0 radical (unpaired) electrons. The number of carbonyl (C=O) groups excluding carboxylic acids is 1. The van der Waals surface area contributed by atoms with Crippen molar-refractivity contribution in [3.05, 3.63) is 71.8 Å². The molecule has 0 bridgehead atoms.